The molecule has 2 aromatic rings. The van der Waals surface area contributed by atoms with Gasteiger partial charge in [-0.2, -0.15) is 0 Å². The minimum absolute atomic E-state index is 0.0188. The molecule has 0 aromatic carbocycles. The molecule has 1 amide bonds. The first-order valence-corrected chi connectivity index (χ1v) is 7.26. The van der Waals surface area contributed by atoms with E-state index in [1.54, 1.807) is 12.5 Å². The fraction of sp³-hybridized carbons (Fsp3) is 0.500. The van der Waals surface area contributed by atoms with Crippen LogP contribution in [0.4, 0.5) is 0 Å². The summed E-state index contributed by atoms with van der Waals surface area (Å²) in [6, 6.07) is 4.10. The molecule has 0 unspecified atom stereocenters. The van der Waals surface area contributed by atoms with Gasteiger partial charge < -0.3 is 9.72 Å². The van der Waals surface area contributed by atoms with Crippen LogP contribution in [0.1, 0.15) is 49.9 Å². The average molecular weight is 271 g/mol. The number of hydrogen-bond acceptors (Lipinski definition) is 2. The summed E-state index contributed by atoms with van der Waals surface area (Å²) in [5, 5.41) is 3.16. The molecule has 20 heavy (non-hydrogen) atoms. The zero-order valence-electron chi connectivity index (χ0n) is 12.1. The Morgan fingerprint density at radius 1 is 1.35 bits per heavy atom. The highest BCUT2D eigenvalue weighted by Gasteiger charge is 2.27. The van der Waals surface area contributed by atoms with E-state index in [4.69, 9.17) is 0 Å². The van der Waals surface area contributed by atoms with Crippen molar-refractivity contribution in [2.45, 2.75) is 45.6 Å². The number of nitrogens with zero attached hydrogens (tertiary/aromatic N) is 2. The summed E-state index contributed by atoms with van der Waals surface area (Å²) in [6.45, 7) is 4.61. The van der Waals surface area contributed by atoms with Crippen molar-refractivity contribution >= 4 is 11.4 Å². The number of aromatic nitrogens is 2. The van der Waals surface area contributed by atoms with Crippen molar-refractivity contribution in [3.8, 4) is 0 Å². The van der Waals surface area contributed by atoms with Crippen LogP contribution in [0.5, 0.6) is 0 Å². The highest BCUT2D eigenvalue weighted by Crippen LogP contribution is 2.35. The molecule has 4 heteroatoms. The number of amides is 1. The Bertz CT molecular complexity index is 619. The van der Waals surface area contributed by atoms with E-state index in [1.807, 2.05) is 22.7 Å². The Labute approximate surface area is 119 Å². The lowest BCUT2D eigenvalue weighted by atomic mass is 9.75. The van der Waals surface area contributed by atoms with Crippen LogP contribution in [0, 0.1) is 5.41 Å². The SMILES string of the molecule is CC1(C)CCC(NC(=O)c2ccc3cncn3c2)CC1. The number of rotatable bonds is 2. The van der Waals surface area contributed by atoms with Gasteiger partial charge in [-0.25, -0.2) is 4.98 Å². The lowest BCUT2D eigenvalue weighted by molar-refractivity contribution is 0.0908. The molecular formula is C16H21N3O. The van der Waals surface area contributed by atoms with Gasteiger partial charge in [0.15, 0.2) is 0 Å². The molecule has 4 nitrogen and oxygen atoms in total. The fourth-order valence-electron chi connectivity index (χ4n) is 2.87. The largest absolute Gasteiger partial charge is 0.349 e. The van der Waals surface area contributed by atoms with E-state index in [2.05, 4.69) is 24.1 Å². The molecule has 0 spiro atoms. The lowest BCUT2D eigenvalue weighted by Crippen LogP contribution is -2.39. The Morgan fingerprint density at radius 2 is 2.10 bits per heavy atom. The van der Waals surface area contributed by atoms with Gasteiger partial charge in [-0.05, 0) is 43.2 Å². The van der Waals surface area contributed by atoms with Crippen LogP contribution in [0.25, 0.3) is 5.52 Å². The Balaban J connectivity index is 1.67. The van der Waals surface area contributed by atoms with Gasteiger partial charge in [0.1, 0.15) is 0 Å². The Kier molecular flexibility index (Phi) is 3.24. The smallest absolute Gasteiger partial charge is 0.252 e. The van der Waals surface area contributed by atoms with E-state index in [0.29, 0.717) is 17.0 Å². The van der Waals surface area contributed by atoms with Crippen LogP contribution >= 0.6 is 0 Å². The van der Waals surface area contributed by atoms with Gasteiger partial charge in [0.05, 0.1) is 23.6 Å². The highest BCUT2D eigenvalue weighted by atomic mass is 16.1. The lowest BCUT2D eigenvalue weighted by Gasteiger charge is -2.34. The van der Waals surface area contributed by atoms with Crippen LogP contribution in [-0.4, -0.2) is 21.3 Å². The maximum Gasteiger partial charge on any atom is 0.252 e. The third-order valence-corrected chi connectivity index (χ3v) is 4.34. The summed E-state index contributed by atoms with van der Waals surface area (Å²) in [6.07, 6.45) is 9.85. The quantitative estimate of drug-likeness (QED) is 0.912. The Morgan fingerprint density at radius 3 is 2.85 bits per heavy atom. The van der Waals surface area contributed by atoms with Crippen LogP contribution in [0.2, 0.25) is 0 Å². The van der Waals surface area contributed by atoms with Crippen molar-refractivity contribution in [3.05, 3.63) is 36.4 Å². The van der Waals surface area contributed by atoms with E-state index in [1.165, 1.54) is 12.8 Å². The van der Waals surface area contributed by atoms with Crippen LogP contribution < -0.4 is 5.32 Å². The molecule has 2 aromatic heterocycles. The molecule has 1 fully saturated rings. The number of carbonyl (C=O) groups excluding carboxylic acids is 1. The third-order valence-electron chi connectivity index (χ3n) is 4.34. The van der Waals surface area contributed by atoms with E-state index >= 15 is 0 Å². The summed E-state index contributed by atoms with van der Waals surface area (Å²) in [4.78, 5) is 16.4. The van der Waals surface area contributed by atoms with Gasteiger partial charge in [-0.3, -0.25) is 4.79 Å². The topological polar surface area (TPSA) is 46.4 Å². The second kappa shape index (κ2) is 4.93. The normalized spacial score (nSPS) is 19.1. The van der Waals surface area contributed by atoms with Crippen LogP contribution in [0.15, 0.2) is 30.9 Å². The first-order valence-electron chi connectivity index (χ1n) is 7.26. The second-order valence-corrected chi connectivity index (χ2v) is 6.56. The Hall–Kier alpha value is -1.84. The summed E-state index contributed by atoms with van der Waals surface area (Å²) < 4.78 is 1.87. The molecule has 0 bridgehead atoms. The van der Waals surface area contributed by atoms with E-state index < -0.39 is 0 Å². The standard InChI is InChI=1S/C16H21N3O/c1-16(2)7-5-13(6-8-16)18-15(20)12-3-4-14-9-17-11-19(14)10-12/h3-4,9-11,13H,5-8H2,1-2H3,(H,18,20). The summed E-state index contributed by atoms with van der Waals surface area (Å²) in [7, 11) is 0. The monoisotopic (exact) mass is 271 g/mol. The van der Waals surface area contributed by atoms with Crippen molar-refractivity contribution < 1.29 is 4.79 Å². The second-order valence-electron chi connectivity index (χ2n) is 6.56. The summed E-state index contributed by atoms with van der Waals surface area (Å²) in [5.74, 6) is 0.0188. The van der Waals surface area contributed by atoms with Crippen molar-refractivity contribution in [2.75, 3.05) is 0 Å². The molecule has 1 saturated carbocycles. The summed E-state index contributed by atoms with van der Waals surface area (Å²) >= 11 is 0. The summed E-state index contributed by atoms with van der Waals surface area (Å²) in [5.41, 5.74) is 2.12. The van der Waals surface area contributed by atoms with Gasteiger partial charge in [0.25, 0.3) is 5.91 Å². The van der Waals surface area contributed by atoms with Crippen LogP contribution in [-0.2, 0) is 0 Å². The fourth-order valence-corrected chi connectivity index (χ4v) is 2.87. The molecule has 1 aliphatic rings. The van der Waals surface area contributed by atoms with Crippen LogP contribution in [0.3, 0.4) is 0 Å². The molecule has 3 rings (SSSR count). The molecular weight excluding hydrogens is 250 g/mol. The number of carbonyl (C=O) groups is 1. The molecule has 1 aliphatic carbocycles. The third kappa shape index (κ3) is 2.69. The van der Waals surface area contributed by atoms with Crippen molar-refractivity contribution in [1.82, 2.24) is 14.7 Å². The van der Waals surface area contributed by atoms with Crippen molar-refractivity contribution in [2.24, 2.45) is 5.41 Å². The highest BCUT2D eigenvalue weighted by molar-refractivity contribution is 5.94. The minimum atomic E-state index is 0.0188. The van der Waals surface area contributed by atoms with Gasteiger partial charge in [-0.15, -0.1) is 0 Å². The maximum absolute atomic E-state index is 12.3. The molecule has 0 atom stereocenters. The molecule has 0 saturated heterocycles. The van der Waals surface area contributed by atoms with Gasteiger partial charge in [0.2, 0.25) is 0 Å². The number of pyridine rings is 1. The van der Waals surface area contributed by atoms with E-state index in [0.717, 1.165) is 18.4 Å². The predicted octanol–water partition coefficient (Wildman–Crippen LogP) is 3.03. The molecule has 0 radical (unpaired) electrons. The minimum Gasteiger partial charge on any atom is -0.349 e. The average Bonchev–Trinajstić information content (AvgIpc) is 2.88. The maximum atomic E-state index is 12.3. The number of hydrogen-bond donors (Lipinski definition) is 1. The number of fused-ring (bicyclic) bond motifs is 1. The molecule has 2 heterocycles. The van der Waals surface area contributed by atoms with Gasteiger partial charge in [-0.1, -0.05) is 13.8 Å². The molecule has 0 aliphatic heterocycles. The van der Waals surface area contributed by atoms with Gasteiger partial charge >= 0.3 is 0 Å². The molecule has 106 valence electrons. The number of nitrogens with one attached hydrogen (secondary N) is 1. The zero-order chi connectivity index (χ0) is 14.2. The van der Waals surface area contributed by atoms with E-state index in [-0.39, 0.29) is 5.91 Å². The first-order chi connectivity index (χ1) is 9.53. The van der Waals surface area contributed by atoms with Crippen molar-refractivity contribution in [1.29, 1.82) is 0 Å². The van der Waals surface area contributed by atoms with Gasteiger partial charge in [0, 0.05) is 12.2 Å². The zero-order valence-corrected chi connectivity index (χ0v) is 12.1. The number of imidazole rings is 1. The first kappa shape index (κ1) is 13.2. The van der Waals surface area contributed by atoms with Crippen molar-refractivity contribution in [3.63, 3.8) is 0 Å². The van der Waals surface area contributed by atoms with E-state index in [9.17, 15) is 4.79 Å². The molecule has 1 N–H and O–H groups in total. The predicted molar refractivity (Wildman–Crippen MR) is 78.7 cm³/mol.